The molecule has 0 spiro atoms. The first-order valence-electron chi connectivity index (χ1n) is 6.68. The predicted molar refractivity (Wildman–Crippen MR) is 92.1 cm³/mol. The van der Waals surface area contributed by atoms with Crippen molar-refractivity contribution in [2.75, 3.05) is 6.26 Å². The van der Waals surface area contributed by atoms with Gasteiger partial charge in [-0.1, -0.05) is 23.7 Å². The zero-order valence-electron chi connectivity index (χ0n) is 11.9. The van der Waals surface area contributed by atoms with Gasteiger partial charge in [0.15, 0.2) is 0 Å². The molecule has 0 atom stereocenters. The summed E-state index contributed by atoms with van der Waals surface area (Å²) in [7, 11) is 0. The van der Waals surface area contributed by atoms with Gasteiger partial charge in [0, 0.05) is 21.5 Å². The molecule has 0 saturated carbocycles. The van der Waals surface area contributed by atoms with Crippen LogP contribution in [-0.4, -0.2) is 16.0 Å². The number of thioether (sulfide) groups is 1. The number of nitrogens with zero attached hydrogens (tertiary/aromatic N) is 2. The van der Waals surface area contributed by atoms with Gasteiger partial charge < -0.3 is 0 Å². The van der Waals surface area contributed by atoms with Crippen LogP contribution in [0.1, 0.15) is 0 Å². The monoisotopic (exact) mass is 328 g/mol. The molecule has 0 aliphatic carbocycles. The summed E-state index contributed by atoms with van der Waals surface area (Å²) in [5.41, 5.74) is 2.24. The third kappa shape index (κ3) is 3.08. The van der Waals surface area contributed by atoms with Crippen LogP contribution in [-0.2, 0) is 0 Å². The molecule has 0 radical (unpaired) electrons. The first kappa shape index (κ1) is 14.9. The summed E-state index contributed by atoms with van der Waals surface area (Å²) in [5, 5.41) is 5.08. The first-order valence-corrected chi connectivity index (χ1v) is 8.28. The van der Waals surface area contributed by atoms with Crippen LogP contribution in [0.25, 0.3) is 16.9 Å². The number of hydrogen-bond donors (Lipinski definition) is 0. The van der Waals surface area contributed by atoms with Crippen molar-refractivity contribution in [3.8, 4) is 16.9 Å². The molecule has 3 aromatic rings. The van der Waals surface area contributed by atoms with E-state index in [9.17, 15) is 4.79 Å². The Kier molecular flexibility index (Phi) is 4.32. The van der Waals surface area contributed by atoms with Gasteiger partial charge in [0.05, 0.1) is 11.4 Å². The maximum Gasteiger partial charge on any atom is 0.271 e. The molecule has 1 aromatic heterocycles. The van der Waals surface area contributed by atoms with Crippen molar-refractivity contribution in [1.29, 1.82) is 0 Å². The van der Waals surface area contributed by atoms with Crippen molar-refractivity contribution < 1.29 is 0 Å². The van der Waals surface area contributed by atoms with Crippen molar-refractivity contribution in [2.45, 2.75) is 4.90 Å². The molecule has 1 heterocycles. The highest BCUT2D eigenvalue weighted by Gasteiger charge is 2.05. The van der Waals surface area contributed by atoms with E-state index in [2.05, 4.69) is 5.10 Å². The summed E-state index contributed by atoms with van der Waals surface area (Å²) in [6.45, 7) is 0. The zero-order chi connectivity index (χ0) is 15.5. The molecule has 0 bridgehead atoms. The van der Waals surface area contributed by atoms with Gasteiger partial charge in [-0.05, 0) is 48.7 Å². The van der Waals surface area contributed by atoms with E-state index in [-0.39, 0.29) is 5.56 Å². The minimum Gasteiger partial charge on any atom is -0.267 e. The lowest BCUT2D eigenvalue weighted by molar-refractivity contribution is 0.812. The fourth-order valence-electron chi connectivity index (χ4n) is 2.09. The molecule has 5 heteroatoms. The van der Waals surface area contributed by atoms with Gasteiger partial charge in [0.25, 0.3) is 5.56 Å². The lowest BCUT2D eigenvalue weighted by Gasteiger charge is -2.07. The van der Waals surface area contributed by atoms with Crippen molar-refractivity contribution in [2.24, 2.45) is 0 Å². The molecule has 2 aromatic carbocycles. The Morgan fingerprint density at radius 2 is 1.64 bits per heavy atom. The van der Waals surface area contributed by atoms with Crippen LogP contribution < -0.4 is 5.56 Å². The van der Waals surface area contributed by atoms with Crippen molar-refractivity contribution in [3.63, 3.8) is 0 Å². The molecular formula is C17H13ClN2OS. The van der Waals surface area contributed by atoms with E-state index in [1.54, 1.807) is 42.1 Å². The third-order valence-corrected chi connectivity index (χ3v) is 4.25. The zero-order valence-corrected chi connectivity index (χ0v) is 13.4. The van der Waals surface area contributed by atoms with E-state index in [1.807, 2.05) is 30.5 Å². The average molecular weight is 329 g/mol. The fraction of sp³-hybridized carbons (Fsp3) is 0.0588. The molecule has 22 heavy (non-hydrogen) atoms. The Bertz CT molecular complexity index is 842. The average Bonchev–Trinajstić information content (AvgIpc) is 2.56. The van der Waals surface area contributed by atoms with Crippen LogP contribution >= 0.6 is 23.4 Å². The quantitative estimate of drug-likeness (QED) is 0.673. The van der Waals surface area contributed by atoms with Crippen LogP contribution in [0.2, 0.25) is 5.02 Å². The highest BCUT2D eigenvalue weighted by molar-refractivity contribution is 7.98. The van der Waals surface area contributed by atoms with Crippen LogP contribution in [0, 0.1) is 0 Å². The van der Waals surface area contributed by atoms with Gasteiger partial charge in [-0.3, -0.25) is 4.79 Å². The van der Waals surface area contributed by atoms with Crippen LogP contribution in [0.3, 0.4) is 0 Å². The molecule has 3 nitrogen and oxygen atoms in total. The van der Waals surface area contributed by atoms with Crippen LogP contribution in [0.4, 0.5) is 0 Å². The van der Waals surface area contributed by atoms with Gasteiger partial charge in [-0.15, -0.1) is 11.8 Å². The standard InChI is InChI=1S/C17H13ClN2OS/c1-22-15-8-2-12(3-9-15)16-10-11-17(21)20(19-16)14-6-4-13(18)5-7-14/h2-11H,1H3. The number of aromatic nitrogens is 2. The second kappa shape index (κ2) is 6.38. The molecular weight excluding hydrogens is 316 g/mol. The fourth-order valence-corrected chi connectivity index (χ4v) is 2.63. The van der Waals surface area contributed by atoms with E-state index in [0.717, 1.165) is 11.3 Å². The van der Waals surface area contributed by atoms with E-state index >= 15 is 0 Å². The number of hydrogen-bond acceptors (Lipinski definition) is 3. The van der Waals surface area contributed by atoms with Gasteiger partial charge in [0.1, 0.15) is 0 Å². The largest absolute Gasteiger partial charge is 0.271 e. The molecule has 0 aliphatic heterocycles. The SMILES string of the molecule is CSc1ccc(-c2ccc(=O)n(-c3ccc(Cl)cc3)n2)cc1. The normalized spacial score (nSPS) is 10.6. The van der Waals surface area contributed by atoms with Gasteiger partial charge in [-0.2, -0.15) is 9.78 Å². The molecule has 0 N–H and O–H groups in total. The summed E-state index contributed by atoms with van der Waals surface area (Å²) in [6, 6.07) is 18.4. The Hall–Kier alpha value is -2.04. The molecule has 3 rings (SSSR count). The second-order valence-corrected chi connectivity index (χ2v) is 5.99. The Balaban J connectivity index is 2.05. The maximum atomic E-state index is 12.1. The second-order valence-electron chi connectivity index (χ2n) is 4.67. The Morgan fingerprint density at radius 3 is 2.27 bits per heavy atom. The van der Waals surface area contributed by atoms with E-state index in [0.29, 0.717) is 10.7 Å². The van der Waals surface area contributed by atoms with Gasteiger partial charge in [0.2, 0.25) is 0 Å². The van der Waals surface area contributed by atoms with Crippen LogP contribution in [0.15, 0.2) is 70.4 Å². The summed E-state index contributed by atoms with van der Waals surface area (Å²) >= 11 is 7.57. The van der Waals surface area contributed by atoms with E-state index in [4.69, 9.17) is 11.6 Å². The highest BCUT2D eigenvalue weighted by Crippen LogP contribution is 2.21. The molecule has 110 valence electrons. The number of benzene rings is 2. The number of halogens is 1. The number of rotatable bonds is 3. The topological polar surface area (TPSA) is 34.9 Å². The molecule has 0 aliphatic rings. The molecule has 0 unspecified atom stereocenters. The van der Waals surface area contributed by atoms with Crippen LogP contribution in [0.5, 0.6) is 0 Å². The Labute approximate surface area is 137 Å². The van der Waals surface area contributed by atoms with E-state index < -0.39 is 0 Å². The first-order chi connectivity index (χ1) is 10.7. The van der Waals surface area contributed by atoms with Crippen molar-refractivity contribution >= 4 is 23.4 Å². The van der Waals surface area contributed by atoms with E-state index in [1.165, 1.54) is 15.6 Å². The summed E-state index contributed by atoms with van der Waals surface area (Å²) in [6.07, 6.45) is 2.04. The van der Waals surface area contributed by atoms with Gasteiger partial charge >= 0.3 is 0 Å². The highest BCUT2D eigenvalue weighted by atomic mass is 35.5. The predicted octanol–water partition coefficient (Wildman–Crippen LogP) is 4.27. The lowest BCUT2D eigenvalue weighted by Crippen LogP contribution is -2.20. The van der Waals surface area contributed by atoms with Crippen molar-refractivity contribution in [3.05, 3.63) is 76.0 Å². The smallest absolute Gasteiger partial charge is 0.267 e. The summed E-state index contributed by atoms with van der Waals surface area (Å²) in [5.74, 6) is 0. The third-order valence-electron chi connectivity index (χ3n) is 3.26. The lowest BCUT2D eigenvalue weighted by atomic mass is 10.1. The molecule has 0 amide bonds. The van der Waals surface area contributed by atoms with Gasteiger partial charge in [-0.25, -0.2) is 0 Å². The molecule has 0 saturated heterocycles. The summed E-state index contributed by atoms with van der Waals surface area (Å²) < 4.78 is 1.38. The minimum atomic E-state index is -0.174. The minimum absolute atomic E-state index is 0.174. The molecule has 0 fully saturated rings. The Morgan fingerprint density at radius 1 is 0.955 bits per heavy atom. The summed E-state index contributed by atoms with van der Waals surface area (Å²) in [4.78, 5) is 13.2. The maximum absolute atomic E-state index is 12.1. The van der Waals surface area contributed by atoms with Crippen molar-refractivity contribution in [1.82, 2.24) is 9.78 Å².